The lowest BCUT2D eigenvalue weighted by Gasteiger charge is -2.07. The topological polar surface area (TPSA) is 51.2 Å². The summed E-state index contributed by atoms with van der Waals surface area (Å²) in [5.41, 5.74) is 3.16. The predicted octanol–water partition coefficient (Wildman–Crippen LogP) is 4.83. The number of rotatable bonds is 0. The van der Waals surface area contributed by atoms with E-state index < -0.39 is 0 Å². The summed E-state index contributed by atoms with van der Waals surface area (Å²) in [6.07, 6.45) is 4.47. The van der Waals surface area contributed by atoms with Crippen molar-refractivity contribution in [3.8, 4) is 0 Å². The van der Waals surface area contributed by atoms with E-state index in [1.807, 2.05) is 24.3 Å². The first-order valence-corrected chi connectivity index (χ1v) is 8.92. The van der Waals surface area contributed by atoms with Crippen molar-refractivity contribution in [3.05, 3.63) is 70.8 Å². The van der Waals surface area contributed by atoms with Gasteiger partial charge in [0.05, 0.1) is 0 Å². The summed E-state index contributed by atoms with van der Waals surface area (Å²) in [6.45, 7) is 0. The van der Waals surface area contributed by atoms with Gasteiger partial charge in [-0.2, -0.15) is 0 Å². The number of hydrogen-bond acceptors (Lipinski definition) is 3. The third kappa shape index (κ3) is 4.50. The van der Waals surface area contributed by atoms with Crippen molar-refractivity contribution in [2.75, 3.05) is 0 Å². The zero-order chi connectivity index (χ0) is 17.6. The van der Waals surface area contributed by atoms with Gasteiger partial charge in [-0.05, 0) is 31.2 Å². The van der Waals surface area contributed by atoms with Gasteiger partial charge in [-0.25, -0.2) is 0 Å². The third-order valence-electron chi connectivity index (χ3n) is 4.73. The molecular formula is C22H22O3. The Labute approximate surface area is 148 Å². The molecule has 4 bridgehead atoms. The molecule has 4 aliphatic carbocycles. The Balaban J connectivity index is 1.77. The van der Waals surface area contributed by atoms with E-state index in [0.717, 1.165) is 19.3 Å². The molecule has 0 spiro atoms. The van der Waals surface area contributed by atoms with Gasteiger partial charge in [0.1, 0.15) is 0 Å². The number of carbonyl (C=O) groups excluding carboxylic acids is 3. The van der Waals surface area contributed by atoms with Crippen LogP contribution in [-0.4, -0.2) is 17.3 Å². The monoisotopic (exact) mass is 334 g/mol. The van der Waals surface area contributed by atoms with Crippen LogP contribution in [0.5, 0.6) is 0 Å². The second-order valence-corrected chi connectivity index (χ2v) is 6.60. The highest BCUT2D eigenvalue weighted by Crippen LogP contribution is 2.16. The Morgan fingerprint density at radius 2 is 0.800 bits per heavy atom. The molecule has 0 radical (unpaired) electrons. The molecule has 0 aromatic heterocycles. The summed E-state index contributed by atoms with van der Waals surface area (Å²) in [4.78, 5) is 36.7. The van der Waals surface area contributed by atoms with Crippen molar-refractivity contribution in [2.24, 2.45) is 0 Å². The Hall–Kier alpha value is -2.55. The normalized spacial score (nSPS) is 16.7. The molecule has 128 valence electrons. The van der Waals surface area contributed by atoms with Gasteiger partial charge in [-0.15, -0.1) is 0 Å². The van der Waals surface area contributed by atoms with Crippen LogP contribution in [0.15, 0.2) is 48.5 Å². The van der Waals surface area contributed by atoms with Crippen LogP contribution in [-0.2, 0) is 6.42 Å². The molecule has 0 amide bonds. The van der Waals surface area contributed by atoms with E-state index in [-0.39, 0.29) is 17.3 Å². The standard InChI is InChI=1S/C22H22O3/c23-20-5-2-1-4-16-8-10-17(11-9-16)21(24)6-3-7-22(25)19-14-12-18(20)13-15-19/h8-15H,1-7H2. The highest BCUT2D eigenvalue weighted by Gasteiger charge is 2.12. The summed E-state index contributed by atoms with van der Waals surface area (Å²) in [6, 6.07) is 14.6. The molecule has 0 fully saturated rings. The van der Waals surface area contributed by atoms with Gasteiger partial charge in [0.2, 0.25) is 0 Å². The minimum atomic E-state index is 0.0169. The SMILES string of the molecule is O=C1CCCCc2ccc(cc2)C(=O)CCCC(=O)c2ccc1cc2. The van der Waals surface area contributed by atoms with Crippen LogP contribution < -0.4 is 0 Å². The van der Waals surface area contributed by atoms with Crippen LogP contribution in [0.4, 0.5) is 0 Å². The summed E-state index contributed by atoms with van der Waals surface area (Å²) in [7, 11) is 0. The minimum absolute atomic E-state index is 0.0169. The fraction of sp³-hybridized carbons (Fsp3) is 0.318. The lowest BCUT2D eigenvalue weighted by molar-refractivity contribution is 0.0950. The van der Waals surface area contributed by atoms with E-state index >= 15 is 0 Å². The van der Waals surface area contributed by atoms with E-state index in [2.05, 4.69) is 0 Å². The van der Waals surface area contributed by atoms with Gasteiger partial charge in [0.25, 0.3) is 0 Å². The van der Waals surface area contributed by atoms with Gasteiger partial charge in [-0.3, -0.25) is 14.4 Å². The fourth-order valence-corrected chi connectivity index (χ4v) is 3.16. The molecular weight excluding hydrogens is 312 g/mol. The van der Waals surface area contributed by atoms with Crippen LogP contribution in [0.1, 0.15) is 75.2 Å². The average Bonchev–Trinajstić information content (AvgIpc) is 2.65. The van der Waals surface area contributed by atoms with Gasteiger partial charge in [0.15, 0.2) is 17.3 Å². The number of hydrogen-bond donors (Lipinski definition) is 0. The smallest absolute Gasteiger partial charge is 0.162 e. The minimum Gasteiger partial charge on any atom is -0.294 e. The number of benzene rings is 2. The average molecular weight is 334 g/mol. The van der Waals surface area contributed by atoms with Crippen molar-refractivity contribution in [1.29, 1.82) is 0 Å². The van der Waals surface area contributed by atoms with Gasteiger partial charge >= 0.3 is 0 Å². The maximum absolute atomic E-state index is 12.2. The van der Waals surface area contributed by atoms with Gasteiger partial charge in [-0.1, -0.05) is 48.5 Å². The van der Waals surface area contributed by atoms with Gasteiger partial charge < -0.3 is 0 Å². The summed E-state index contributed by atoms with van der Waals surface area (Å²) in [5, 5.41) is 0. The highest BCUT2D eigenvalue weighted by atomic mass is 16.1. The summed E-state index contributed by atoms with van der Waals surface area (Å²) in [5.74, 6) is 0.228. The van der Waals surface area contributed by atoms with Crippen molar-refractivity contribution in [3.63, 3.8) is 0 Å². The molecule has 0 saturated carbocycles. The fourth-order valence-electron chi connectivity index (χ4n) is 3.16. The summed E-state index contributed by atoms with van der Waals surface area (Å²) >= 11 is 0. The lowest BCUT2D eigenvalue weighted by Crippen LogP contribution is -2.05. The molecule has 0 saturated heterocycles. The van der Waals surface area contributed by atoms with Crippen LogP contribution in [0, 0.1) is 0 Å². The highest BCUT2D eigenvalue weighted by molar-refractivity contribution is 6.00. The largest absolute Gasteiger partial charge is 0.294 e. The first-order chi connectivity index (χ1) is 12.1. The van der Waals surface area contributed by atoms with E-state index in [1.165, 1.54) is 5.56 Å². The number of carbonyl (C=O) groups is 3. The Kier molecular flexibility index (Phi) is 5.54. The van der Waals surface area contributed by atoms with Crippen LogP contribution in [0.2, 0.25) is 0 Å². The Bertz CT molecular complexity index is 768. The van der Waals surface area contributed by atoms with Crippen LogP contribution in [0.25, 0.3) is 0 Å². The molecule has 0 unspecified atom stereocenters. The first kappa shape index (κ1) is 17.3. The molecule has 0 atom stereocenters. The summed E-state index contributed by atoms with van der Waals surface area (Å²) < 4.78 is 0. The zero-order valence-electron chi connectivity index (χ0n) is 14.3. The molecule has 2 aromatic carbocycles. The molecule has 25 heavy (non-hydrogen) atoms. The maximum atomic E-state index is 12.2. The second-order valence-electron chi connectivity index (χ2n) is 6.60. The second kappa shape index (κ2) is 8.02. The van der Waals surface area contributed by atoms with Crippen molar-refractivity contribution < 1.29 is 14.4 Å². The first-order valence-electron chi connectivity index (χ1n) is 8.92. The van der Waals surface area contributed by atoms with Crippen molar-refractivity contribution >= 4 is 17.3 Å². The molecule has 6 rings (SSSR count). The number of ketones is 3. The molecule has 0 N–H and O–H groups in total. The van der Waals surface area contributed by atoms with E-state index in [1.54, 1.807) is 24.3 Å². The van der Waals surface area contributed by atoms with E-state index in [9.17, 15) is 14.4 Å². The lowest BCUT2D eigenvalue weighted by atomic mass is 9.97. The molecule has 2 aromatic rings. The molecule has 3 heteroatoms. The quantitative estimate of drug-likeness (QED) is 0.693. The molecule has 0 heterocycles. The maximum Gasteiger partial charge on any atom is 0.162 e. The third-order valence-corrected chi connectivity index (χ3v) is 4.73. The van der Waals surface area contributed by atoms with Crippen molar-refractivity contribution in [1.82, 2.24) is 0 Å². The van der Waals surface area contributed by atoms with E-state index in [0.29, 0.717) is 42.4 Å². The molecule has 0 aliphatic heterocycles. The van der Waals surface area contributed by atoms with Crippen LogP contribution in [0.3, 0.4) is 0 Å². The Morgan fingerprint density at radius 1 is 0.440 bits per heavy atom. The number of Topliss-reactive ketones (excluding diaryl/α,β-unsaturated/α-hetero) is 3. The predicted molar refractivity (Wildman–Crippen MR) is 97.3 cm³/mol. The molecule has 4 aliphatic rings. The van der Waals surface area contributed by atoms with Gasteiger partial charge in [0, 0.05) is 36.0 Å². The van der Waals surface area contributed by atoms with Crippen LogP contribution >= 0.6 is 0 Å². The zero-order valence-corrected chi connectivity index (χ0v) is 14.3. The van der Waals surface area contributed by atoms with E-state index in [4.69, 9.17) is 0 Å². The number of aryl methyl sites for hydroxylation is 1. The molecule has 3 nitrogen and oxygen atoms in total. The van der Waals surface area contributed by atoms with Crippen molar-refractivity contribution in [2.45, 2.75) is 44.9 Å². The Morgan fingerprint density at radius 3 is 1.28 bits per heavy atom.